The number of ether oxygens (including phenoxy) is 4. The third kappa shape index (κ3) is 14.5. The van der Waals surface area contributed by atoms with Crippen LogP contribution in [0.25, 0.3) is 0 Å². The lowest BCUT2D eigenvalue weighted by Gasteiger charge is -2.40. The van der Waals surface area contributed by atoms with Gasteiger partial charge in [-0.05, 0) is 73.8 Å². The normalized spacial score (nSPS) is 23.0. The number of nitrogens with one attached hydrogen (secondary N) is 1. The number of nitrogens with zero attached hydrogens (tertiary/aromatic N) is 1. The third-order valence-corrected chi connectivity index (χ3v) is 8.22. The van der Waals surface area contributed by atoms with Crippen molar-refractivity contribution in [2.24, 2.45) is 23.2 Å². The number of esters is 1. The first kappa shape index (κ1) is 37.2. The molecule has 45 heavy (non-hydrogen) atoms. The molecule has 0 bridgehead atoms. The van der Waals surface area contributed by atoms with Gasteiger partial charge in [-0.15, -0.1) is 6.58 Å². The van der Waals surface area contributed by atoms with Crippen molar-refractivity contribution in [3.8, 4) is 5.75 Å². The highest BCUT2D eigenvalue weighted by molar-refractivity contribution is 5.81. The molecule has 0 aliphatic heterocycles. The van der Waals surface area contributed by atoms with E-state index < -0.39 is 24.3 Å². The van der Waals surface area contributed by atoms with Crippen LogP contribution < -0.4 is 10.2 Å². The monoisotopic (exact) mass is 630 g/mol. The van der Waals surface area contributed by atoms with Crippen LogP contribution in [0.5, 0.6) is 5.75 Å². The van der Waals surface area contributed by atoms with Gasteiger partial charge in [0.1, 0.15) is 18.5 Å². The number of carbonyl (C=O) groups is 4. The van der Waals surface area contributed by atoms with E-state index in [9.17, 15) is 14.4 Å². The first-order valence-electron chi connectivity index (χ1n) is 15.7. The van der Waals surface area contributed by atoms with Crippen molar-refractivity contribution in [3.63, 3.8) is 0 Å². The highest BCUT2D eigenvalue weighted by Crippen LogP contribution is 2.39. The Morgan fingerprint density at radius 2 is 1.69 bits per heavy atom. The first-order chi connectivity index (χ1) is 21.6. The van der Waals surface area contributed by atoms with Crippen molar-refractivity contribution in [1.29, 1.82) is 0 Å². The van der Waals surface area contributed by atoms with Crippen molar-refractivity contribution in [2.45, 2.75) is 77.7 Å². The maximum Gasteiger partial charge on any atom is 0.428 e. The van der Waals surface area contributed by atoms with Crippen LogP contribution in [0, 0.1) is 23.2 Å². The van der Waals surface area contributed by atoms with Crippen molar-refractivity contribution >= 4 is 24.6 Å². The summed E-state index contributed by atoms with van der Waals surface area (Å²) in [5, 5.41) is 8.17. The Balaban J connectivity index is 0.00000226. The van der Waals surface area contributed by atoms with Gasteiger partial charge in [-0.1, -0.05) is 57.5 Å². The second-order valence-corrected chi connectivity index (χ2v) is 12.3. The van der Waals surface area contributed by atoms with Crippen molar-refractivity contribution in [3.05, 3.63) is 55.6 Å². The van der Waals surface area contributed by atoms with E-state index in [4.69, 9.17) is 28.8 Å². The summed E-state index contributed by atoms with van der Waals surface area (Å²) in [5.41, 5.74) is 2.52. The molecule has 2 N–H and O–H groups in total. The fourth-order valence-electron chi connectivity index (χ4n) is 6.02. The Kier molecular flexibility index (Phi) is 16.6. The molecule has 1 aromatic rings. The Bertz CT molecular complexity index is 1070. The number of para-hydroxylation sites is 1. The molecule has 3 atom stereocenters. The lowest BCUT2D eigenvalue weighted by Crippen LogP contribution is -2.52. The van der Waals surface area contributed by atoms with Gasteiger partial charge in [-0.3, -0.25) is 4.79 Å². The van der Waals surface area contributed by atoms with E-state index in [0.717, 1.165) is 51.4 Å². The summed E-state index contributed by atoms with van der Waals surface area (Å²) in [6, 6.07) is 9.30. The number of rotatable bonds is 13. The summed E-state index contributed by atoms with van der Waals surface area (Å²) in [4.78, 5) is 46.1. The van der Waals surface area contributed by atoms with Gasteiger partial charge in [0.25, 0.3) is 6.47 Å². The number of amides is 2. The standard InChI is InChI=1S/C33H48N2O7.CH2O2/c1-5-11-29(23-39-28-13-8-7-9-14-28)42-31(37)34-35(24-33(4)19-10-12-25(3)20-33)32(38)41-22-27-17-15-26(16-18-27)21-40-30(36)6-2;2-1-3/h5-9,13-14,25-27,29H,1-2,10-12,15-24H2,3-4H3,(H,34,37);1H,(H,2,3). The quantitative estimate of drug-likeness (QED) is 0.0620. The lowest BCUT2D eigenvalue weighted by molar-refractivity contribution is -0.139. The van der Waals surface area contributed by atoms with Crippen LogP contribution in [0.15, 0.2) is 55.6 Å². The van der Waals surface area contributed by atoms with E-state index in [1.807, 2.05) is 30.3 Å². The predicted molar refractivity (Wildman–Crippen MR) is 169 cm³/mol. The van der Waals surface area contributed by atoms with Gasteiger partial charge in [-0.25, -0.2) is 24.8 Å². The summed E-state index contributed by atoms with van der Waals surface area (Å²) < 4.78 is 22.4. The van der Waals surface area contributed by atoms with Crippen LogP contribution in [0.3, 0.4) is 0 Å². The minimum absolute atomic E-state index is 0.151. The zero-order chi connectivity index (χ0) is 33.1. The molecule has 0 spiro atoms. The molecule has 3 unspecified atom stereocenters. The molecule has 3 rings (SSSR count). The second kappa shape index (κ2) is 20.1. The summed E-state index contributed by atoms with van der Waals surface area (Å²) in [7, 11) is 0. The van der Waals surface area contributed by atoms with Crippen molar-refractivity contribution in [2.75, 3.05) is 26.4 Å². The molecule has 2 aliphatic rings. The zero-order valence-electron chi connectivity index (χ0n) is 26.7. The van der Waals surface area contributed by atoms with Gasteiger partial charge in [0.05, 0.1) is 19.8 Å². The lowest BCUT2D eigenvalue weighted by atomic mass is 9.71. The molecule has 2 aliphatic carbocycles. The molecule has 11 heteroatoms. The molecule has 0 saturated heterocycles. The number of carboxylic acid groups (broad SMARTS) is 1. The average Bonchev–Trinajstić information content (AvgIpc) is 3.02. The summed E-state index contributed by atoms with van der Waals surface area (Å²) >= 11 is 0. The first-order valence-corrected chi connectivity index (χ1v) is 15.7. The Morgan fingerprint density at radius 1 is 1.07 bits per heavy atom. The van der Waals surface area contributed by atoms with E-state index in [1.54, 1.807) is 6.08 Å². The topological polar surface area (TPSA) is 141 Å². The molecule has 2 saturated carbocycles. The molecule has 2 fully saturated rings. The van der Waals surface area contributed by atoms with Crippen LogP contribution in [0.4, 0.5) is 9.59 Å². The summed E-state index contributed by atoms with van der Waals surface area (Å²) in [6.07, 6.45) is 9.03. The number of carbonyl (C=O) groups excluding carboxylic acids is 3. The molecule has 250 valence electrons. The van der Waals surface area contributed by atoms with Gasteiger partial charge < -0.3 is 24.1 Å². The number of benzene rings is 1. The number of hydrazine groups is 1. The van der Waals surface area contributed by atoms with E-state index in [1.165, 1.54) is 11.1 Å². The molecule has 0 radical (unpaired) electrons. The van der Waals surface area contributed by atoms with Gasteiger partial charge >= 0.3 is 18.2 Å². The van der Waals surface area contributed by atoms with Gasteiger partial charge in [0, 0.05) is 12.5 Å². The Morgan fingerprint density at radius 3 is 2.27 bits per heavy atom. The van der Waals surface area contributed by atoms with E-state index in [2.05, 4.69) is 32.4 Å². The molecular weight excluding hydrogens is 580 g/mol. The molecule has 0 heterocycles. The second-order valence-electron chi connectivity index (χ2n) is 12.3. The highest BCUT2D eigenvalue weighted by atomic mass is 16.6. The average molecular weight is 631 g/mol. The van der Waals surface area contributed by atoms with Crippen LogP contribution >= 0.6 is 0 Å². The molecule has 0 aromatic heterocycles. The van der Waals surface area contributed by atoms with E-state index in [0.29, 0.717) is 37.2 Å². The van der Waals surface area contributed by atoms with Crippen molar-refractivity contribution in [1.82, 2.24) is 10.4 Å². The predicted octanol–water partition coefficient (Wildman–Crippen LogP) is 6.54. The number of hydrogen-bond acceptors (Lipinski definition) is 8. The third-order valence-electron chi connectivity index (χ3n) is 8.22. The van der Waals surface area contributed by atoms with E-state index in [-0.39, 0.29) is 31.0 Å². The maximum atomic E-state index is 13.3. The largest absolute Gasteiger partial charge is 0.490 e. The molecule has 1 aromatic carbocycles. The van der Waals surface area contributed by atoms with Gasteiger partial charge in [-0.2, -0.15) is 0 Å². The van der Waals surface area contributed by atoms with Crippen LogP contribution in [-0.2, 0) is 23.8 Å². The zero-order valence-corrected chi connectivity index (χ0v) is 26.7. The molecular formula is C34H50N2O9. The summed E-state index contributed by atoms with van der Waals surface area (Å²) in [6.45, 7) is 12.5. The van der Waals surface area contributed by atoms with E-state index >= 15 is 0 Å². The smallest absolute Gasteiger partial charge is 0.428 e. The fourth-order valence-corrected chi connectivity index (χ4v) is 6.02. The maximum absolute atomic E-state index is 13.3. The Hall–Kier alpha value is -4.02. The fraction of sp³-hybridized carbons (Fsp3) is 0.588. The van der Waals surface area contributed by atoms with Gasteiger partial charge in [0.2, 0.25) is 0 Å². The van der Waals surface area contributed by atoms with Crippen molar-refractivity contribution < 1.29 is 43.2 Å². The molecule has 11 nitrogen and oxygen atoms in total. The van der Waals surface area contributed by atoms with Gasteiger partial charge in [0.15, 0.2) is 0 Å². The highest BCUT2D eigenvalue weighted by Gasteiger charge is 2.36. The van der Waals surface area contributed by atoms with Crippen LogP contribution in [-0.4, -0.2) is 67.2 Å². The minimum Gasteiger partial charge on any atom is -0.490 e. The van der Waals surface area contributed by atoms with Crippen LogP contribution in [0.1, 0.15) is 71.6 Å². The summed E-state index contributed by atoms with van der Waals surface area (Å²) in [5.74, 6) is 1.33. The SMILES string of the molecule is C=CCC(COc1ccccc1)OC(=O)NN(CC1(C)CCCC(C)C1)C(=O)OCC1CCC(COC(=O)C=C)CC1.O=CO. The molecule has 2 amide bonds. The number of hydrogen-bond donors (Lipinski definition) is 2. The minimum atomic E-state index is -0.738. The van der Waals surface area contributed by atoms with Crippen LogP contribution in [0.2, 0.25) is 0 Å². The Labute approximate surface area is 266 Å².